The first kappa shape index (κ1) is 25.7. The molecule has 0 aromatic heterocycles. The van der Waals surface area contributed by atoms with Crippen LogP contribution in [-0.4, -0.2) is 73.3 Å². The molecule has 2 fully saturated rings. The number of piperidine rings is 2. The van der Waals surface area contributed by atoms with E-state index in [0.717, 1.165) is 45.0 Å². The Kier molecular flexibility index (Phi) is 9.57. The molecule has 0 bridgehead atoms. The largest absolute Gasteiger partial charge is 0.492 e. The second-order valence-electron chi connectivity index (χ2n) is 9.31. The van der Waals surface area contributed by atoms with E-state index >= 15 is 0 Å². The standard InChI is InChI=1S/C28H35ClN2O4/c29-28(33)25-9-7-8-24(27(25)35-21-19-31-16-5-2-6-17-31)26(32)22-10-12-23(13-11-22)34-20-18-30-14-3-1-4-15-30/h7-13H,1-6,14-21H2. The first-order valence-electron chi connectivity index (χ1n) is 12.8. The average molecular weight is 499 g/mol. The summed E-state index contributed by atoms with van der Waals surface area (Å²) in [6, 6.07) is 12.1. The van der Waals surface area contributed by atoms with E-state index in [1.54, 1.807) is 30.3 Å². The molecule has 2 heterocycles. The maximum atomic E-state index is 13.3. The summed E-state index contributed by atoms with van der Waals surface area (Å²) in [4.78, 5) is 30.2. The van der Waals surface area contributed by atoms with Gasteiger partial charge in [-0.1, -0.05) is 18.9 Å². The van der Waals surface area contributed by atoms with Crippen molar-refractivity contribution in [1.82, 2.24) is 9.80 Å². The molecule has 2 aromatic rings. The highest BCUT2D eigenvalue weighted by Gasteiger charge is 2.21. The van der Waals surface area contributed by atoms with Crippen molar-refractivity contribution in [3.05, 3.63) is 59.2 Å². The molecule has 0 unspecified atom stereocenters. The number of benzene rings is 2. The average Bonchev–Trinajstić information content (AvgIpc) is 2.90. The first-order valence-corrected chi connectivity index (χ1v) is 13.2. The van der Waals surface area contributed by atoms with Crippen LogP contribution < -0.4 is 9.47 Å². The lowest BCUT2D eigenvalue weighted by Gasteiger charge is -2.26. The number of likely N-dealkylation sites (tertiary alicyclic amines) is 2. The van der Waals surface area contributed by atoms with Crippen LogP contribution in [0.3, 0.4) is 0 Å². The predicted octanol–water partition coefficient (Wildman–Crippen LogP) is 5.03. The van der Waals surface area contributed by atoms with E-state index in [0.29, 0.717) is 24.3 Å². The molecule has 0 N–H and O–H groups in total. The number of hydrogen-bond acceptors (Lipinski definition) is 6. The van der Waals surface area contributed by atoms with Gasteiger partial charge in [0.2, 0.25) is 0 Å². The number of carbonyl (C=O) groups is 2. The predicted molar refractivity (Wildman–Crippen MR) is 138 cm³/mol. The van der Waals surface area contributed by atoms with Gasteiger partial charge in [-0.15, -0.1) is 0 Å². The molecule has 0 atom stereocenters. The lowest BCUT2D eigenvalue weighted by molar-refractivity contribution is 0.103. The van der Waals surface area contributed by atoms with E-state index in [4.69, 9.17) is 21.1 Å². The molecule has 2 saturated heterocycles. The summed E-state index contributed by atoms with van der Waals surface area (Å²) in [5, 5.41) is -0.634. The van der Waals surface area contributed by atoms with Gasteiger partial charge in [-0.3, -0.25) is 19.4 Å². The Morgan fingerprint density at radius 3 is 1.83 bits per heavy atom. The molecule has 0 radical (unpaired) electrons. The number of ether oxygens (including phenoxy) is 2. The smallest absolute Gasteiger partial charge is 0.256 e. The van der Waals surface area contributed by atoms with Crippen molar-refractivity contribution < 1.29 is 19.1 Å². The zero-order chi connectivity index (χ0) is 24.5. The normalized spacial score (nSPS) is 17.2. The van der Waals surface area contributed by atoms with Crippen molar-refractivity contribution in [3.8, 4) is 11.5 Å². The Morgan fingerprint density at radius 2 is 1.26 bits per heavy atom. The van der Waals surface area contributed by atoms with Crippen LogP contribution in [0.15, 0.2) is 42.5 Å². The minimum atomic E-state index is -0.634. The summed E-state index contributed by atoms with van der Waals surface area (Å²) < 4.78 is 11.9. The highest BCUT2D eigenvalue weighted by molar-refractivity contribution is 6.68. The minimum absolute atomic E-state index is 0.211. The zero-order valence-corrected chi connectivity index (χ0v) is 21.1. The summed E-state index contributed by atoms with van der Waals surface area (Å²) in [6.07, 6.45) is 7.49. The molecule has 0 saturated carbocycles. The maximum Gasteiger partial charge on any atom is 0.256 e. The van der Waals surface area contributed by atoms with Gasteiger partial charge in [-0.25, -0.2) is 0 Å². The van der Waals surface area contributed by atoms with Gasteiger partial charge in [-0.05, 0) is 99.9 Å². The monoisotopic (exact) mass is 498 g/mol. The van der Waals surface area contributed by atoms with Crippen LogP contribution in [-0.2, 0) is 0 Å². The van der Waals surface area contributed by atoms with Crippen LogP contribution in [0, 0.1) is 0 Å². The summed E-state index contributed by atoms with van der Waals surface area (Å²) in [6.45, 7) is 7.08. The van der Waals surface area contributed by atoms with Crippen LogP contribution in [0.2, 0.25) is 0 Å². The van der Waals surface area contributed by atoms with Gasteiger partial charge in [0.05, 0.1) is 11.1 Å². The fraction of sp³-hybridized carbons (Fsp3) is 0.500. The van der Waals surface area contributed by atoms with E-state index in [1.165, 1.54) is 38.5 Å². The van der Waals surface area contributed by atoms with Gasteiger partial charge in [0.25, 0.3) is 5.24 Å². The van der Waals surface area contributed by atoms with E-state index in [1.807, 2.05) is 12.1 Å². The fourth-order valence-corrected chi connectivity index (χ4v) is 4.97. The Hall–Kier alpha value is -2.41. The number of ketones is 1. The first-order chi connectivity index (χ1) is 17.1. The van der Waals surface area contributed by atoms with Crippen molar-refractivity contribution in [2.75, 3.05) is 52.5 Å². The SMILES string of the molecule is O=C(Cl)c1cccc(C(=O)c2ccc(OCCN3CCCCC3)cc2)c1OCCN1CCCCC1. The Bertz CT molecular complexity index is 983. The topological polar surface area (TPSA) is 59.1 Å². The van der Waals surface area contributed by atoms with Crippen molar-refractivity contribution >= 4 is 22.6 Å². The second kappa shape index (κ2) is 13.1. The van der Waals surface area contributed by atoms with Gasteiger partial charge < -0.3 is 9.47 Å². The molecule has 4 rings (SSSR count). The molecular weight excluding hydrogens is 464 g/mol. The van der Waals surface area contributed by atoms with E-state index in [-0.39, 0.29) is 17.1 Å². The number of rotatable bonds is 11. The molecule has 0 amide bonds. The Balaban J connectivity index is 1.39. The van der Waals surface area contributed by atoms with E-state index in [2.05, 4.69) is 9.80 Å². The van der Waals surface area contributed by atoms with Crippen LogP contribution >= 0.6 is 11.6 Å². The van der Waals surface area contributed by atoms with Gasteiger partial charge in [0, 0.05) is 18.7 Å². The molecule has 2 aliphatic rings. The van der Waals surface area contributed by atoms with Crippen LogP contribution in [0.1, 0.15) is 64.8 Å². The summed E-state index contributed by atoms with van der Waals surface area (Å²) in [5.41, 5.74) is 1.07. The van der Waals surface area contributed by atoms with Crippen LogP contribution in [0.4, 0.5) is 0 Å². The number of halogens is 1. The summed E-state index contributed by atoms with van der Waals surface area (Å²) in [7, 11) is 0. The van der Waals surface area contributed by atoms with Crippen molar-refractivity contribution in [1.29, 1.82) is 0 Å². The Labute approximate surface area is 213 Å². The molecule has 7 heteroatoms. The highest BCUT2D eigenvalue weighted by Crippen LogP contribution is 2.29. The van der Waals surface area contributed by atoms with Crippen molar-refractivity contribution in [3.63, 3.8) is 0 Å². The van der Waals surface area contributed by atoms with Crippen LogP contribution in [0.5, 0.6) is 11.5 Å². The quantitative estimate of drug-likeness (QED) is 0.320. The van der Waals surface area contributed by atoms with Gasteiger partial charge in [-0.2, -0.15) is 0 Å². The third-order valence-corrected chi connectivity index (χ3v) is 7.02. The van der Waals surface area contributed by atoms with Gasteiger partial charge in [0.15, 0.2) is 5.78 Å². The molecule has 2 aliphatic heterocycles. The molecule has 0 aliphatic carbocycles. The zero-order valence-electron chi connectivity index (χ0n) is 20.3. The molecular formula is C28H35ClN2O4. The van der Waals surface area contributed by atoms with E-state index < -0.39 is 5.24 Å². The Morgan fingerprint density at radius 1 is 0.714 bits per heavy atom. The second-order valence-corrected chi connectivity index (χ2v) is 9.65. The molecule has 35 heavy (non-hydrogen) atoms. The number of hydrogen-bond donors (Lipinski definition) is 0. The maximum absolute atomic E-state index is 13.3. The number of carbonyl (C=O) groups excluding carboxylic acids is 2. The van der Waals surface area contributed by atoms with E-state index in [9.17, 15) is 9.59 Å². The number of nitrogens with zero attached hydrogens (tertiary/aromatic N) is 2. The van der Waals surface area contributed by atoms with Gasteiger partial charge >= 0.3 is 0 Å². The summed E-state index contributed by atoms with van der Waals surface area (Å²) in [5.74, 6) is 0.787. The number of para-hydroxylation sites is 1. The van der Waals surface area contributed by atoms with Gasteiger partial charge in [0.1, 0.15) is 24.7 Å². The minimum Gasteiger partial charge on any atom is -0.492 e. The third kappa shape index (κ3) is 7.29. The van der Waals surface area contributed by atoms with Crippen LogP contribution in [0.25, 0.3) is 0 Å². The molecule has 2 aromatic carbocycles. The highest BCUT2D eigenvalue weighted by atomic mass is 35.5. The fourth-order valence-electron chi connectivity index (χ4n) is 4.82. The van der Waals surface area contributed by atoms with Crippen molar-refractivity contribution in [2.45, 2.75) is 38.5 Å². The lowest BCUT2D eigenvalue weighted by Crippen LogP contribution is -2.33. The molecule has 0 spiro atoms. The third-order valence-electron chi connectivity index (χ3n) is 6.82. The molecule has 188 valence electrons. The summed E-state index contributed by atoms with van der Waals surface area (Å²) >= 11 is 5.82. The lowest BCUT2D eigenvalue weighted by atomic mass is 10.00. The molecule has 6 nitrogen and oxygen atoms in total. The van der Waals surface area contributed by atoms with Crippen molar-refractivity contribution in [2.24, 2.45) is 0 Å².